The number of hydrogen-bond acceptors (Lipinski definition) is 8. The van der Waals surface area contributed by atoms with Crippen LogP contribution in [0.4, 0.5) is 0 Å². The Hall–Kier alpha value is -3.61. The molecular weight excluding hydrogens is 570 g/mol. The average molecular weight is 608 g/mol. The highest BCUT2D eigenvalue weighted by molar-refractivity contribution is 7.91. The van der Waals surface area contributed by atoms with E-state index in [9.17, 15) is 22.8 Å². The number of likely N-dealkylation sites (tertiary alicyclic amines) is 1. The van der Waals surface area contributed by atoms with Crippen molar-refractivity contribution in [1.82, 2.24) is 24.7 Å². The van der Waals surface area contributed by atoms with Crippen molar-refractivity contribution in [2.24, 2.45) is 0 Å². The number of hydrogen-bond donors (Lipinski definition) is 1. The molecule has 3 aliphatic rings. The number of rotatable bonds is 10. The SMILES string of the molecule is CNC(=O)C(CCC=O)N1Cc2cc(-c3cc(CN4CCC(S(C)(=O)=O)CC4)c4ccn(C5COC5)c4n3)ccc2C1=O. The van der Waals surface area contributed by atoms with Gasteiger partial charge in [0.1, 0.15) is 27.8 Å². The molecule has 1 unspecified atom stereocenters. The molecule has 2 saturated heterocycles. The zero-order valence-corrected chi connectivity index (χ0v) is 25.3. The van der Waals surface area contributed by atoms with Crippen LogP contribution in [0.5, 0.6) is 0 Å². The van der Waals surface area contributed by atoms with Crippen LogP contribution in [0.3, 0.4) is 0 Å². The minimum atomic E-state index is -3.05. The van der Waals surface area contributed by atoms with E-state index >= 15 is 0 Å². The van der Waals surface area contributed by atoms with Crippen LogP contribution >= 0.6 is 0 Å². The zero-order chi connectivity index (χ0) is 30.3. The van der Waals surface area contributed by atoms with Crippen LogP contribution in [-0.2, 0) is 37.3 Å². The fourth-order valence-electron chi connectivity index (χ4n) is 6.47. The smallest absolute Gasteiger partial charge is 0.255 e. The Kier molecular flexibility index (Phi) is 8.10. The van der Waals surface area contributed by atoms with Crippen molar-refractivity contribution < 1.29 is 27.5 Å². The van der Waals surface area contributed by atoms with E-state index in [0.717, 1.165) is 39.7 Å². The standard InChI is InChI=1S/C31H37N5O6S/c1-32-30(38)28(4-3-13-37)36-17-21-14-20(5-6-26(21)31(36)39)27-15-22(16-34-10-7-24(8-11-34)43(2,40)41)25-9-12-35(29(25)33-27)23-18-42-19-23/h5-6,9,12-15,23-24,28H,3-4,7-8,10-11,16-19H2,1-2H3,(H,32,38). The van der Waals surface area contributed by atoms with Crippen LogP contribution in [0.15, 0.2) is 36.5 Å². The molecule has 11 nitrogen and oxygen atoms in total. The highest BCUT2D eigenvalue weighted by Crippen LogP contribution is 2.34. The molecule has 6 rings (SSSR count). The van der Waals surface area contributed by atoms with Gasteiger partial charge >= 0.3 is 0 Å². The van der Waals surface area contributed by atoms with Crippen molar-refractivity contribution in [3.8, 4) is 11.3 Å². The van der Waals surface area contributed by atoms with Crippen molar-refractivity contribution in [3.63, 3.8) is 0 Å². The number of likely N-dealkylation sites (N-methyl/N-ethyl adjacent to an activating group) is 1. The molecule has 5 heterocycles. The lowest BCUT2D eigenvalue weighted by Gasteiger charge is -2.31. The van der Waals surface area contributed by atoms with Gasteiger partial charge in [-0.2, -0.15) is 0 Å². The lowest BCUT2D eigenvalue weighted by molar-refractivity contribution is -0.125. The third kappa shape index (κ3) is 5.71. The first-order valence-electron chi connectivity index (χ1n) is 14.8. The van der Waals surface area contributed by atoms with Crippen LogP contribution in [0.1, 0.15) is 53.2 Å². The van der Waals surface area contributed by atoms with Crippen LogP contribution in [0.25, 0.3) is 22.3 Å². The van der Waals surface area contributed by atoms with Gasteiger partial charge in [-0.15, -0.1) is 0 Å². The van der Waals surface area contributed by atoms with Crippen molar-refractivity contribution in [2.45, 2.75) is 56.1 Å². The predicted molar refractivity (Wildman–Crippen MR) is 161 cm³/mol. The first-order valence-corrected chi connectivity index (χ1v) is 16.7. The molecule has 1 N–H and O–H groups in total. The fourth-order valence-corrected chi connectivity index (χ4v) is 7.53. The molecular formula is C31H37N5O6S. The minimum absolute atomic E-state index is 0.188. The molecule has 2 amide bonds. The molecule has 0 aliphatic carbocycles. The lowest BCUT2D eigenvalue weighted by Crippen LogP contribution is -2.46. The van der Waals surface area contributed by atoms with Gasteiger partial charge < -0.3 is 24.3 Å². The number of aldehydes is 1. The van der Waals surface area contributed by atoms with E-state index in [-0.39, 0.29) is 42.5 Å². The molecule has 0 bridgehead atoms. The Labute approximate surface area is 251 Å². The van der Waals surface area contributed by atoms with E-state index in [4.69, 9.17) is 9.72 Å². The van der Waals surface area contributed by atoms with Gasteiger partial charge in [0, 0.05) is 55.5 Å². The quantitative estimate of drug-likeness (QED) is 0.348. The summed E-state index contributed by atoms with van der Waals surface area (Å²) in [6.07, 6.45) is 5.85. The first kappa shape index (κ1) is 29.5. The van der Waals surface area contributed by atoms with Gasteiger partial charge in [-0.05, 0) is 67.7 Å². The summed E-state index contributed by atoms with van der Waals surface area (Å²) in [4.78, 5) is 45.9. The molecule has 0 spiro atoms. The Balaban J connectivity index is 1.32. The van der Waals surface area contributed by atoms with E-state index in [2.05, 4.69) is 33.1 Å². The monoisotopic (exact) mass is 607 g/mol. The second-order valence-corrected chi connectivity index (χ2v) is 14.1. The first-order chi connectivity index (χ1) is 20.7. The third-order valence-corrected chi connectivity index (χ3v) is 10.7. The number of nitrogens with one attached hydrogen (secondary N) is 1. The normalized spacial score (nSPS) is 18.9. The molecule has 1 aromatic carbocycles. The topological polar surface area (TPSA) is 131 Å². The largest absolute Gasteiger partial charge is 0.377 e. The summed E-state index contributed by atoms with van der Waals surface area (Å²) in [5, 5.41) is 3.40. The zero-order valence-electron chi connectivity index (χ0n) is 24.5. The second-order valence-electron chi connectivity index (χ2n) is 11.8. The second kappa shape index (κ2) is 11.8. The average Bonchev–Trinajstić information content (AvgIpc) is 3.53. The molecule has 0 radical (unpaired) electrons. The Morgan fingerprint density at radius 3 is 2.60 bits per heavy atom. The maximum atomic E-state index is 13.3. The number of aromatic nitrogens is 2. The Bertz CT molecular complexity index is 1670. The van der Waals surface area contributed by atoms with Crippen molar-refractivity contribution in [2.75, 3.05) is 39.6 Å². The van der Waals surface area contributed by atoms with Gasteiger partial charge in [0.25, 0.3) is 5.91 Å². The number of carbonyl (C=O) groups is 3. The minimum Gasteiger partial charge on any atom is -0.377 e. The number of pyridine rings is 1. The summed E-state index contributed by atoms with van der Waals surface area (Å²) in [6, 6.07) is 9.37. The van der Waals surface area contributed by atoms with Crippen LogP contribution in [0.2, 0.25) is 0 Å². The summed E-state index contributed by atoms with van der Waals surface area (Å²) in [7, 11) is -1.52. The molecule has 3 aromatic rings. The maximum absolute atomic E-state index is 13.3. The van der Waals surface area contributed by atoms with Crippen molar-refractivity contribution in [1.29, 1.82) is 0 Å². The van der Waals surface area contributed by atoms with Crippen LogP contribution in [0, 0.1) is 0 Å². The Morgan fingerprint density at radius 1 is 1.19 bits per heavy atom. The molecule has 12 heteroatoms. The van der Waals surface area contributed by atoms with Gasteiger partial charge in [-0.3, -0.25) is 14.5 Å². The number of benzene rings is 1. The van der Waals surface area contributed by atoms with E-state index in [1.165, 1.54) is 13.3 Å². The summed E-state index contributed by atoms with van der Waals surface area (Å²) in [5.41, 5.74) is 5.01. The summed E-state index contributed by atoms with van der Waals surface area (Å²) < 4.78 is 31.8. The van der Waals surface area contributed by atoms with E-state index in [1.54, 1.807) is 11.0 Å². The molecule has 3 aliphatic heterocycles. The van der Waals surface area contributed by atoms with Gasteiger partial charge in [-0.1, -0.05) is 6.07 Å². The van der Waals surface area contributed by atoms with E-state index < -0.39 is 15.9 Å². The number of sulfone groups is 1. The molecule has 43 heavy (non-hydrogen) atoms. The molecule has 2 fully saturated rings. The highest BCUT2D eigenvalue weighted by Gasteiger charge is 2.36. The predicted octanol–water partition coefficient (Wildman–Crippen LogP) is 2.33. The highest BCUT2D eigenvalue weighted by atomic mass is 32.2. The van der Waals surface area contributed by atoms with Gasteiger partial charge in [0.15, 0.2) is 0 Å². The molecule has 2 aromatic heterocycles. The van der Waals surface area contributed by atoms with Crippen molar-refractivity contribution >= 4 is 39.0 Å². The fraction of sp³-hybridized carbons (Fsp3) is 0.484. The van der Waals surface area contributed by atoms with E-state index in [0.29, 0.717) is 51.3 Å². The third-order valence-electron chi connectivity index (χ3n) is 9.03. The number of piperidine rings is 1. The van der Waals surface area contributed by atoms with Gasteiger partial charge in [0.05, 0.1) is 30.2 Å². The number of fused-ring (bicyclic) bond motifs is 2. The summed E-state index contributed by atoms with van der Waals surface area (Å²) in [5.74, 6) is -0.511. The maximum Gasteiger partial charge on any atom is 0.255 e. The molecule has 1 atom stereocenters. The van der Waals surface area contributed by atoms with E-state index in [1.807, 2.05) is 12.1 Å². The van der Waals surface area contributed by atoms with Crippen molar-refractivity contribution in [3.05, 3.63) is 53.2 Å². The lowest BCUT2D eigenvalue weighted by atomic mass is 10.0. The van der Waals surface area contributed by atoms with Crippen LogP contribution < -0.4 is 5.32 Å². The molecule has 0 saturated carbocycles. The number of carbonyl (C=O) groups excluding carboxylic acids is 3. The van der Waals surface area contributed by atoms with Gasteiger partial charge in [0.2, 0.25) is 5.91 Å². The number of ether oxygens (including phenoxy) is 1. The summed E-state index contributed by atoms with van der Waals surface area (Å²) in [6.45, 7) is 3.65. The van der Waals surface area contributed by atoms with Crippen LogP contribution in [-0.4, -0.2) is 96.8 Å². The molecule has 228 valence electrons. The number of amides is 2. The van der Waals surface area contributed by atoms with Gasteiger partial charge in [-0.25, -0.2) is 13.4 Å². The Morgan fingerprint density at radius 2 is 1.95 bits per heavy atom. The summed E-state index contributed by atoms with van der Waals surface area (Å²) >= 11 is 0. The number of nitrogens with zero attached hydrogens (tertiary/aromatic N) is 4.